The van der Waals surface area contributed by atoms with Crippen LogP contribution in [0.2, 0.25) is 0 Å². The van der Waals surface area contributed by atoms with Crippen LogP contribution in [0.25, 0.3) is 0 Å². The van der Waals surface area contributed by atoms with Gasteiger partial charge in [-0.3, -0.25) is 9.59 Å². The Hall–Kier alpha value is -3.37. The van der Waals surface area contributed by atoms with Crippen LogP contribution in [0.4, 0.5) is 0 Å². The molecule has 1 atom stereocenters. The molecule has 0 aliphatic carbocycles. The van der Waals surface area contributed by atoms with E-state index in [9.17, 15) is 29.5 Å². The highest BCUT2D eigenvalue weighted by atomic mass is 16.4. The van der Waals surface area contributed by atoms with Crippen LogP contribution in [0.15, 0.2) is 42.5 Å². The van der Waals surface area contributed by atoms with E-state index in [4.69, 9.17) is 5.11 Å². The van der Waals surface area contributed by atoms with Crippen molar-refractivity contribution in [1.82, 2.24) is 10.6 Å². The Balaban J connectivity index is 2.01. The number of amides is 2. The Bertz CT molecular complexity index is 916. The van der Waals surface area contributed by atoms with Crippen LogP contribution < -0.4 is 10.6 Å². The van der Waals surface area contributed by atoms with Gasteiger partial charge in [0, 0.05) is 13.5 Å². The van der Waals surface area contributed by atoms with Gasteiger partial charge in [0.15, 0.2) is 0 Å². The van der Waals surface area contributed by atoms with Gasteiger partial charge in [0.1, 0.15) is 11.3 Å². The number of para-hydroxylation sites is 1. The quantitative estimate of drug-likeness (QED) is 0.316. The second-order valence-electron chi connectivity index (χ2n) is 6.81. The molecule has 0 radical (unpaired) electrons. The molecule has 0 aliphatic rings. The van der Waals surface area contributed by atoms with Gasteiger partial charge in [-0.25, -0.2) is 4.79 Å². The van der Waals surface area contributed by atoms with Crippen molar-refractivity contribution in [3.63, 3.8) is 0 Å². The third-order valence-corrected chi connectivity index (χ3v) is 4.43. The van der Waals surface area contributed by atoms with E-state index in [2.05, 4.69) is 10.6 Å². The van der Waals surface area contributed by atoms with E-state index in [0.717, 1.165) is 5.56 Å². The van der Waals surface area contributed by atoms with E-state index >= 15 is 0 Å². The number of benzene rings is 2. The molecule has 0 saturated heterocycles. The van der Waals surface area contributed by atoms with Gasteiger partial charge >= 0.3 is 13.1 Å². The summed E-state index contributed by atoms with van der Waals surface area (Å²) in [5, 5.41) is 43.5. The van der Waals surface area contributed by atoms with Crippen LogP contribution in [0.3, 0.4) is 0 Å². The number of carboxylic acids is 1. The first kappa shape index (κ1) is 22.9. The molecule has 0 fully saturated rings. The molecule has 158 valence electrons. The Morgan fingerprint density at radius 2 is 1.67 bits per heavy atom. The Morgan fingerprint density at radius 3 is 2.23 bits per heavy atom. The minimum absolute atomic E-state index is 0.0230. The van der Waals surface area contributed by atoms with E-state index in [1.165, 1.54) is 25.1 Å². The first-order valence-corrected chi connectivity index (χ1v) is 9.19. The molecule has 0 aliphatic heterocycles. The highest BCUT2D eigenvalue weighted by Gasteiger charge is 2.27. The zero-order valence-corrected chi connectivity index (χ0v) is 16.3. The third kappa shape index (κ3) is 6.61. The number of rotatable bonds is 9. The molecule has 2 amide bonds. The van der Waals surface area contributed by atoms with Crippen molar-refractivity contribution in [1.29, 1.82) is 0 Å². The van der Waals surface area contributed by atoms with Crippen molar-refractivity contribution in [2.24, 2.45) is 0 Å². The van der Waals surface area contributed by atoms with Gasteiger partial charge in [0.2, 0.25) is 11.8 Å². The smallest absolute Gasteiger partial charge is 0.475 e. The van der Waals surface area contributed by atoms with Crippen molar-refractivity contribution in [2.45, 2.75) is 32.3 Å². The summed E-state index contributed by atoms with van der Waals surface area (Å²) in [5.41, 5.74) is 1.40. The molecule has 2 rings (SSSR count). The molecular weight excluding hydrogens is 391 g/mol. The molecule has 10 heteroatoms. The summed E-state index contributed by atoms with van der Waals surface area (Å²) in [7, 11) is -1.91. The van der Waals surface area contributed by atoms with Crippen LogP contribution in [0, 0.1) is 0 Å². The van der Waals surface area contributed by atoms with Crippen LogP contribution in [0.1, 0.15) is 34.0 Å². The summed E-state index contributed by atoms with van der Waals surface area (Å²) in [6.07, 6.45) is -0.198. The first-order valence-electron chi connectivity index (χ1n) is 9.19. The maximum Gasteiger partial charge on any atom is 0.475 e. The molecule has 30 heavy (non-hydrogen) atoms. The highest BCUT2D eigenvalue weighted by molar-refractivity contribution is 6.43. The maximum atomic E-state index is 12.3. The van der Waals surface area contributed by atoms with E-state index in [-0.39, 0.29) is 29.9 Å². The minimum atomic E-state index is -1.91. The second kappa shape index (κ2) is 10.4. The van der Waals surface area contributed by atoms with Gasteiger partial charge in [-0.2, -0.15) is 0 Å². The van der Waals surface area contributed by atoms with Crippen LogP contribution >= 0.6 is 0 Å². The lowest BCUT2D eigenvalue weighted by molar-refractivity contribution is -0.121. The Kier molecular flexibility index (Phi) is 7.96. The summed E-state index contributed by atoms with van der Waals surface area (Å²) < 4.78 is 0. The molecule has 6 N–H and O–H groups in total. The number of carboxylic acid groups (broad SMARTS) is 1. The second-order valence-corrected chi connectivity index (χ2v) is 6.81. The number of carbonyl (C=O) groups is 3. The van der Waals surface area contributed by atoms with Crippen molar-refractivity contribution >= 4 is 24.9 Å². The molecule has 0 heterocycles. The molecule has 0 aromatic heterocycles. The number of aromatic carboxylic acids is 1. The monoisotopic (exact) mass is 414 g/mol. The van der Waals surface area contributed by atoms with Crippen molar-refractivity contribution in [3.8, 4) is 5.75 Å². The largest absolute Gasteiger partial charge is 0.507 e. The fourth-order valence-electron chi connectivity index (χ4n) is 2.84. The Morgan fingerprint density at radius 1 is 1.03 bits per heavy atom. The number of phenols is 1. The predicted molar refractivity (Wildman–Crippen MR) is 109 cm³/mol. The topological polar surface area (TPSA) is 156 Å². The molecule has 0 spiro atoms. The van der Waals surface area contributed by atoms with Crippen molar-refractivity contribution < 1.29 is 34.6 Å². The summed E-state index contributed by atoms with van der Waals surface area (Å²) >= 11 is 0. The van der Waals surface area contributed by atoms with Crippen LogP contribution in [-0.2, 0) is 29.0 Å². The molecule has 2 aromatic carbocycles. The van der Waals surface area contributed by atoms with Gasteiger partial charge in [-0.15, -0.1) is 0 Å². The van der Waals surface area contributed by atoms with Crippen LogP contribution in [-0.4, -0.2) is 51.1 Å². The zero-order valence-electron chi connectivity index (χ0n) is 16.3. The van der Waals surface area contributed by atoms with Crippen molar-refractivity contribution in [3.05, 3.63) is 64.7 Å². The fraction of sp³-hybridized carbons (Fsp3) is 0.250. The molecule has 0 unspecified atom stereocenters. The van der Waals surface area contributed by atoms with Gasteiger partial charge in [-0.05, 0) is 29.2 Å². The SMILES string of the molecule is CC(=O)NCc1ccc(CC(=O)N[C@@H](Cc2cccc(C(=O)O)c2O)B(O)O)cc1. The van der Waals surface area contributed by atoms with Gasteiger partial charge in [-0.1, -0.05) is 36.4 Å². The summed E-state index contributed by atoms with van der Waals surface area (Å²) in [5.74, 6) is -3.57. The van der Waals surface area contributed by atoms with Gasteiger partial charge in [0.25, 0.3) is 0 Å². The predicted octanol–water partition coefficient (Wildman–Crippen LogP) is 0.00850. The number of hydrogen-bond donors (Lipinski definition) is 6. The first-order chi connectivity index (χ1) is 14.2. The zero-order chi connectivity index (χ0) is 22.3. The molecule has 9 nitrogen and oxygen atoms in total. The average Bonchev–Trinajstić information content (AvgIpc) is 2.68. The number of aromatic hydroxyl groups is 1. The van der Waals surface area contributed by atoms with Crippen molar-refractivity contribution in [2.75, 3.05) is 0 Å². The lowest BCUT2D eigenvalue weighted by atomic mass is 9.75. The molecule has 0 bridgehead atoms. The number of hydrogen-bond acceptors (Lipinski definition) is 6. The third-order valence-electron chi connectivity index (χ3n) is 4.43. The number of nitrogens with one attached hydrogen (secondary N) is 2. The fourth-order valence-corrected chi connectivity index (χ4v) is 2.84. The van der Waals surface area contributed by atoms with E-state index in [1.807, 2.05) is 0 Å². The molecule has 2 aromatic rings. The standard InChI is InChI=1S/C20H23BN2O7/c1-12(24)22-11-14-7-5-13(6-8-14)9-18(25)23-17(21(29)30)10-15-3-2-4-16(19(15)26)20(27)28/h2-8,17,26,29-30H,9-11H2,1H3,(H,22,24)(H,23,25)(H,27,28)/t17-/m0/s1. The lowest BCUT2D eigenvalue weighted by Gasteiger charge is -2.19. The van der Waals surface area contributed by atoms with E-state index in [0.29, 0.717) is 12.1 Å². The summed E-state index contributed by atoms with van der Waals surface area (Å²) in [6, 6.07) is 11.1. The highest BCUT2D eigenvalue weighted by Crippen LogP contribution is 2.24. The lowest BCUT2D eigenvalue weighted by Crippen LogP contribution is -2.48. The maximum absolute atomic E-state index is 12.3. The molecule has 0 saturated carbocycles. The summed E-state index contributed by atoms with van der Waals surface area (Å²) in [4.78, 5) is 34.4. The normalized spacial score (nSPS) is 11.4. The van der Waals surface area contributed by atoms with Crippen LogP contribution in [0.5, 0.6) is 5.75 Å². The number of carbonyl (C=O) groups excluding carboxylic acids is 2. The molecular formula is C20H23BN2O7. The average molecular weight is 414 g/mol. The van der Waals surface area contributed by atoms with Gasteiger partial charge < -0.3 is 30.9 Å². The Labute approximate surface area is 173 Å². The van der Waals surface area contributed by atoms with E-state index in [1.54, 1.807) is 24.3 Å². The minimum Gasteiger partial charge on any atom is -0.507 e. The van der Waals surface area contributed by atoms with E-state index < -0.39 is 30.7 Å². The summed E-state index contributed by atoms with van der Waals surface area (Å²) in [6.45, 7) is 1.79. The van der Waals surface area contributed by atoms with Gasteiger partial charge in [0.05, 0.1) is 12.4 Å².